The number of sulfonamides is 1. The first-order valence-corrected chi connectivity index (χ1v) is 13.2. The standard InChI is InChI=1S/C26H29N3O5S/c1-16-7-9-18(10-8-16)35(31,32)28-27-20-15-22-19-14-25(34-3)24(33-2)13-17(19)11-12-29(22)21-5-4-6-23(30)26(20)21/h7-10,13-14,22,28H,4-6,11-12,15H2,1-3H3/b27-20+. The normalized spacial score (nSPS) is 20.8. The number of methoxy groups -OCH3 is 2. The van der Waals surface area contributed by atoms with Gasteiger partial charge in [0.25, 0.3) is 10.0 Å². The average molecular weight is 496 g/mol. The maximum absolute atomic E-state index is 13.0. The van der Waals surface area contributed by atoms with Crippen molar-refractivity contribution in [2.75, 3.05) is 20.8 Å². The van der Waals surface area contributed by atoms with Crippen molar-refractivity contribution in [1.29, 1.82) is 0 Å². The third-order valence-electron chi connectivity index (χ3n) is 7.04. The fourth-order valence-electron chi connectivity index (χ4n) is 5.29. The second kappa shape index (κ2) is 9.03. The van der Waals surface area contributed by atoms with Crippen LogP contribution in [0, 0.1) is 6.92 Å². The molecule has 1 atom stereocenters. The first-order chi connectivity index (χ1) is 16.8. The molecular formula is C26H29N3O5S. The van der Waals surface area contributed by atoms with Gasteiger partial charge in [-0.15, -0.1) is 0 Å². The summed E-state index contributed by atoms with van der Waals surface area (Å²) < 4.78 is 36.8. The van der Waals surface area contributed by atoms with Gasteiger partial charge in [0.15, 0.2) is 17.3 Å². The van der Waals surface area contributed by atoms with Crippen LogP contribution in [-0.2, 0) is 21.2 Å². The maximum Gasteiger partial charge on any atom is 0.276 e. The molecule has 184 valence electrons. The van der Waals surface area contributed by atoms with Crippen molar-refractivity contribution in [3.05, 3.63) is 64.4 Å². The zero-order valence-electron chi connectivity index (χ0n) is 20.1. The third kappa shape index (κ3) is 4.18. The summed E-state index contributed by atoms with van der Waals surface area (Å²) in [5.74, 6) is 1.35. The number of aryl methyl sites for hydroxylation is 1. The molecule has 1 aliphatic carbocycles. The van der Waals surface area contributed by atoms with Crippen molar-refractivity contribution in [3.8, 4) is 11.5 Å². The van der Waals surface area contributed by atoms with E-state index >= 15 is 0 Å². The molecule has 35 heavy (non-hydrogen) atoms. The van der Waals surface area contributed by atoms with Gasteiger partial charge >= 0.3 is 0 Å². The Morgan fingerprint density at radius 1 is 1.03 bits per heavy atom. The van der Waals surface area contributed by atoms with E-state index in [2.05, 4.69) is 14.8 Å². The van der Waals surface area contributed by atoms with Crippen LogP contribution in [0.15, 0.2) is 57.7 Å². The van der Waals surface area contributed by atoms with Crippen LogP contribution in [-0.4, -0.2) is 45.6 Å². The van der Waals surface area contributed by atoms with Gasteiger partial charge in [0.05, 0.1) is 36.4 Å². The second-order valence-electron chi connectivity index (χ2n) is 9.13. The minimum atomic E-state index is -3.86. The number of hydrazone groups is 1. The molecule has 2 aromatic rings. The first-order valence-electron chi connectivity index (χ1n) is 11.8. The van der Waals surface area contributed by atoms with Gasteiger partial charge in [0.1, 0.15) is 0 Å². The number of nitrogens with zero attached hydrogens (tertiary/aromatic N) is 2. The number of fused-ring (bicyclic) bond motifs is 4. The topological polar surface area (TPSA) is 97.3 Å². The van der Waals surface area contributed by atoms with Crippen LogP contribution in [0.4, 0.5) is 0 Å². The SMILES string of the molecule is COc1cc2c(cc1OC)C1C/C(=N\NS(=O)(=O)c3ccc(C)cc3)C3=C(CCCC3=O)N1CC2. The van der Waals surface area contributed by atoms with Crippen LogP contribution in [0.1, 0.15) is 48.4 Å². The molecule has 8 nitrogen and oxygen atoms in total. The summed E-state index contributed by atoms with van der Waals surface area (Å²) >= 11 is 0. The quantitative estimate of drug-likeness (QED) is 0.636. The molecule has 0 radical (unpaired) electrons. The predicted molar refractivity (Wildman–Crippen MR) is 132 cm³/mol. The Morgan fingerprint density at radius 3 is 2.46 bits per heavy atom. The molecule has 0 fully saturated rings. The maximum atomic E-state index is 13.0. The van der Waals surface area contributed by atoms with Gasteiger partial charge in [-0.25, -0.2) is 0 Å². The van der Waals surface area contributed by atoms with Gasteiger partial charge in [-0.2, -0.15) is 18.4 Å². The van der Waals surface area contributed by atoms with E-state index in [9.17, 15) is 13.2 Å². The van der Waals surface area contributed by atoms with Crippen LogP contribution in [0.3, 0.4) is 0 Å². The number of ketones is 1. The van der Waals surface area contributed by atoms with Crippen LogP contribution >= 0.6 is 0 Å². The Labute approximate surface area is 205 Å². The van der Waals surface area contributed by atoms with Crippen molar-refractivity contribution in [3.63, 3.8) is 0 Å². The monoisotopic (exact) mass is 495 g/mol. The van der Waals surface area contributed by atoms with E-state index in [-0.39, 0.29) is 16.7 Å². The molecule has 3 aliphatic rings. The lowest BCUT2D eigenvalue weighted by Gasteiger charge is -2.46. The Bertz CT molecular complexity index is 1350. The first kappa shape index (κ1) is 23.4. The second-order valence-corrected chi connectivity index (χ2v) is 10.8. The summed E-state index contributed by atoms with van der Waals surface area (Å²) in [7, 11) is -0.632. The summed E-state index contributed by atoms with van der Waals surface area (Å²) in [6.45, 7) is 2.68. The Hall–Kier alpha value is -3.33. The highest BCUT2D eigenvalue weighted by atomic mass is 32.2. The molecule has 2 heterocycles. The molecule has 1 unspecified atom stereocenters. The number of carbonyl (C=O) groups is 1. The van der Waals surface area contributed by atoms with E-state index in [0.29, 0.717) is 35.6 Å². The van der Waals surface area contributed by atoms with E-state index in [0.717, 1.165) is 48.2 Å². The van der Waals surface area contributed by atoms with E-state index in [1.807, 2.05) is 19.1 Å². The van der Waals surface area contributed by atoms with Gasteiger partial charge in [0.2, 0.25) is 0 Å². The number of Topliss-reactive ketones (excluding diaryl/α,β-unsaturated/α-hetero) is 1. The molecule has 0 amide bonds. The Morgan fingerprint density at radius 2 is 1.74 bits per heavy atom. The third-order valence-corrected chi connectivity index (χ3v) is 8.27. The highest BCUT2D eigenvalue weighted by molar-refractivity contribution is 7.89. The van der Waals surface area contributed by atoms with Crippen LogP contribution in [0.25, 0.3) is 0 Å². The number of carbonyl (C=O) groups excluding carboxylic acids is 1. The molecule has 0 aromatic heterocycles. The smallest absolute Gasteiger partial charge is 0.276 e. The van der Waals surface area contributed by atoms with Crippen molar-refractivity contribution < 1.29 is 22.7 Å². The highest BCUT2D eigenvalue weighted by Gasteiger charge is 2.40. The number of allylic oxidation sites excluding steroid dienone is 2. The minimum absolute atomic E-state index is 0.0242. The van der Waals surface area contributed by atoms with Crippen molar-refractivity contribution in [2.24, 2.45) is 5.10 Å². The van der Waals surface area contributed by atoms with Gasteiger partial charge in [0, 0.05) is 25.1 Å². The van der Waals surface area contributed by atoms with Gasteiger partial charge in [-0.05, 0) is 61.6 Å². The predicted octanol–water partition coefficient (Wildman–Crippen LogP) is 3.66. The van der Waals surface area contributed by atoms with Crippen molar-refractivity contribution >= 4 is 21.5 Å². The summed E-state index contributed by atoms with van der Waals surface area (Å²) in [5, 5.41) is 4.35. The number of ether oxygens (including phenoxy) is 2. The van der Waals surface area contributed by atoms with Crippen LogP contribution < -0.4 is 14.3 Å². The molecule has 2 aliphatic heterocycles. The molecule has 0 saturated carbocycles. The van der Waals surface area contributed by atoms with Gasteiger partial charge in [-0.1, -0.05) is 17.7 Å². The zero-order chi connectivity index (χ0) is 24.7. The lowest BCUT2D eigenvalue weighted by atomic mass is 9.79. The summed E-state index contributed by atoms with van der Waals surface area (Å²) in [6, 6.07) is 10.5. The largest absolute Gasteiger partial charge is 0.493 e. The number of hydrogen-bond acceptors (Lipinski definition) is 7. The van der Waals surface area contributed by atoms with E-state index in [1.54, 1.807) is 38.5 Å². The van der Waals surface area contributed by atoms with Gasteiger partial charge < -0.3 is 14.4 Å². The number of benzene rings is 2. The average Bonchev–Trinajstić information content (AvgIpc) is 2.86. The fourth-order valence-corrected chi connectivity index (χ4v) is 6.12. The molecular weight excluding hydrogens is 466 g/mol. The molecule has 1 N–H and O–H groups in total. The lowest BCUT2D eigenvalue weighted by Crippen LogP contribution is -2.43. The van der Waals surface area contributed by atoms with Gasteiger partial charge in [-0.3, -0.25) is 4.79 Å². The number of hydrogen-bond donors (Lipinski definition) is 1. The fraction of sp³-hybridized carbons (Fsp3) is 0.385. The zero-order valence-corrected chi connectivity index (χ0v) is 20.9. The molecule has 0 bridgehead atoms. The summed E-state index contributed by atoms with van der Waals surface area (Å²) in [4.78, 5) is 17.8. The highest BCUT2D eigenvalue weighted by Crippen LogP contribution is 2.46. The Balaban J connectivity index is 1.56. The molecule has 9 heteroatoms. The molecule has 2 aromatic carbocycles. The Kier molecular flexibility index (Phi) is 6.04. The molecule has 0 saturated heterocycles. The summed E-state index contributed by atoms with van der Waals surface area (Å²) in [5.41, 5.74) is 5.24. The number of nitrogens with one attached hydrogen (secondary N) is 1. The summed E-state index contributed by atoms with van der Waals surface area (Å²) in [6.07, 6.45) is 3.24. The van der Waals surface area contributed by atoms with E-state index in [4.69, 9.17) is 9.47 Å². The van der Waals surface area contributed by atoms with Crippen molar-refractivity contribution in [2.45, 2.75) is 50.0 Å². The van der Waals surface area contributed by atoms with Crippen molar-refractivity contribution in [1.82, 2.24) is 9.73 Å². The minimum Gasteiger partial charge on any atom is -0.493 e. The molecule has 0 spiro atoms. The lowest BCUT2D eigenvalue weighted by molar-refractivity contribution is -0.115. The van der Waals surface area contributed by atoms with E-state index < -0.39 is 10.0 Å². The van der Waals surface area contributed by atoms with Crippen LogP contribution in [0.5, 0.6) is 11.5 Å². The van der Waals surface area contributed by atoms with Crippen LogP contribution in [0.2, 0.25) is 0 Å². The van der Waals surface area contributed by atoms with E-state index in [1.165, 1.54) is 0 Å². The number of rotatable bonds is 5. The molecule has 5 rings (SSSR count).